The molecule has 138 valence electrons. The molecule has 3 aromatic rings. The molecular weight excluding hydrogens is 367 g/mol. The molecule has 1 heterocycles. The molecule has 1 unspecified atom stereocenters. The maximum Gasteiger partial charge on any atom is 0.416 e. The van der Waals surface area contributed by atoms with Crippen molar-refractivity contribution in [1.82, 2.24) is 4.31 Å². The van der Waals surface area contributed by atoms with Gasteiger partial charge >= 0.3 is 6.18 Å². The highest BCUT2D eigenvalue weighted by molar-refractivity contribution is 7.89. The molecule has 0 N–H and O–H groups in total. The summed E-state index contributed by atoms with van der Waals surface area (Å²) in [6.07, 6.45) is -4.52. The minimum atomic E-state index is -4.52. The zero-order chi connectivity index (χ0) is 19.1. The molecule has 0 aliphatic rings. The Labute approximate surface area is 148 Å². The summed E-state index contributed by atoms with van der Waals surface area (Å²) in [6.45, 7) is 1.65. The first-order chi connectivity index (χ1) is 12.1. The maximum atomic E-state index is 12.7. The van der Waals surface area contributed by atoms with Gasteiger partial charge in [0, 0.05) is 12.4 Å². The summed E-state index contributed by atoms with van der Waals surface area (Å²) in [5.41, 5.74) is -0.265. The topological polar surface area (TPSA) is 50.5 Å². The molecule has 0 aliphatic heterocycles. The van der Waals surface area contributed by atoms with Gasteiger partial charge in [-0.25, -0.2) is 8.42 Å². The molecule has 0 saturated heterocycles. The zero-order valence-electron chi connectivity index (χ0n) is 14.0. The Morgan fingerprint density at radius 2 is 1.65 bits per heavy atom. The number of sulfonamides is 1. The summed E-state index contributed by atoms with van der Waals surface area (Å²) in [5.74, 6) is 0.448. The molecule has 0 fully saturated rings. The van der Waals surface area contributed by atoms with Gasteiger partial charge in [0.2, 0.25) is 10.0 Å². The predicted octanol–water partition coefficient (Wildman–Crippen LogP) is 4.83. The monoisotopic (exact) mass is 383 g/mol. The van der Waals surface area contributed by atoms with Gasteiger partial charge in [-0.3, -0.25) is 0 Å². The lowest BCUT2D eigenvalue weighted by atomic mass is 10.2. The summed E-state index contributed by atoms with van der Waals surface area (Å²) in [7, 11) is -2.61. The van der Waals surface area contributed by atoms with Crippen LogP contribution in [-0.4, -0.2) is 19.8 Å². The van der Waals surface area contributed by atoms with E-state index in [0.717, 1.165) is 34.0 Å². The van der Waals surface area contributed by atoms with Gasteiger partial charge in [-0.05, 0) is 43.3 Å². The van der Waals surface area contributed by atoms with E-state index in [-0.39, 0.29) is 4.90 Å². The SMILES string of the molecule is CC(c1cc2ccccc2o1)N(C)S(=O)(=O)c1ccc(C(F)(F)F)cc1. The molecule has 1 atom stereocenters. The largest absolute Gasteiger partial charge is 0.459 e. The Morgan fingerprint density at radius 3 is 2.23 bits per heavy atom. The van der Waals surface area contributed by atoms with Crippen LogP contribution in [0.1, 0.15) is 24.3 Å². The molecule has 0 amide bonds. The molecule has 0 saturated carbocycles. The van der Waals surface area contributed by atoms with Crippen molar-refractivity contribution in [2.24, 2.45) is 0 Å². The highest BCUT2D eigenvalue weighted by Crippen LogP contribution is 2.32. The van der Waals surface area contributed by atoms with Crippen molar-refractivity contribution in [2.45, 2.75) is 24.0 Å². The number of alkyl halides is 3. The first-order valence-corrected chi connectivity index (χ1v) is 9.18. The summed E-state index contributed by atoms with van der Waals surface area (Å²) in [5, 5.41) is 0.842. The van der Waals surface area contributed by atoms with Gasteiger partial charge in [-0.15, -0.1) is 0 Å². The molecule has 0 aliphatic carbocycles. The van der Waals surface area contributed by atoms with Crippen LogP contribution in [0.2, 0.25) is 0 Å². The minimum absolute atomic E-state index is 0.212. The number of fused-ring (bicyclic) bond motifs is 1. The lowest BCUT2D eigenvalue weighted by Crippen LogP contribution is -2.29. The number of rotatable bonds is 4. The number of nitrogens with zero attached hydrogens (tertiary/aromatic N) is 1. The van der Waals surface area contributed by atoms with Gasteiger partial charge in [0.25, 0.3) is 0 Å². The number of para-hydroxylation sites is 1. The Bertz CT molecular complexity index is 991. The van der Waals surface area contributed by atoms with Crippen molar-refractivity contribution in [3.8, 4) is 0 Å². The second kappa shape index (κ2) is 6.44. The molecule has 4 nitrogen and oxygen atoms in total. The molecular formula is C18H16F3NO3S. The fraction of sp³-hybridized carbons (Fsp3) is 0.222. The van der Waals surface area contributed by atoms with Gasteiger partial charge in [0.05, 0.1) is 16.5 Å². The van der Waals surface area contributed by atoms with Crippen LogP contribution in [0.25, 0.3) is 11.0 Å². The van der Waals surface area contributed by atoms with Crippen LogP contribution in [0.3, 0.4) is 0 Å². The highest BCUT2D eigenvalue weighted by atomic mass is 32.2. The van der Waals surface area contributed by atoms with E-state index in [1.807, 2.05) is 18.2 Å². The molecule has 0 bridgehead atoms. The number of halogens is 3. The summed E-state index contributed by atoms with van der Waals surface area (Å²) >= 11 is 0. The fourth-order valence-electron chi connectivity index (χ4n) is 2.58. The first-order valence-electron chi connectivity index (χ1n) is 7.74. The van der Waals surface area contributed by atoms with Crippen molar-refractivity contribution < 1.29 is 26.0 Å². The summed E-state index contributed by atoms with van der Waals surface area (Å²) in [6, 6.07) is 11.8. The lowest BCUT2D eigenvalue weighted by molar-refractivity contribution is -0.137. The van der Waals surface area contributed by atoms with Crippen LogP contribution in [0.15, 0.2) is 63.9 Å². The second-order valence-electron chi connectivity index (χ2n) is 5.91. The third-order valence-electron chi connectivity index (χ3n) is 4.26. The smallest absolute Gasteiger partial charge is 0.416 e. The first kappa shape index (κ1) is 18.5. The van der Waals surface area contributed by atoms with Crippen molar-refractivity contribution in [1.29, 1.82) is 0 Å². The lowest BCUT2D eigenvalue weighted by Gasteiger charge is -2.23. The average Bonchev–Trinajstić information content (AvgIpc) is 3.04. The van der Waals surface area contributed by atoms with E-state index >= 15 is 0 Å². The molecule has 0 radical (unpaired) electrons. The highest BCUT2D eigenvalue weighted by Gasteiger charge is 2.32. The minimum Gasteiger partial charge on any atom is -0.459 e. The van der Waals surface area contributed by atoms with E-state index in [2.05, 4.69) is 0 Å². The van der Waals surface area contributed by atoms with E-state index in [0.29, 0.717) is 11.3 Å². The Hall–Kier alpha value is -2.32. The fourth-order valence-corrected chi connectivity index (χ4v) is 3.91. The van der Waals surface area contributed by atoms with Gasteiger partial charge in [-0.2, -0.15) is 17.5 Å². The van der Waals surface area contributed by atoms with Crippen LogP contribution < -0.4 is 0 Å². The van der Waals surface area contributed by atoms with Crippen LogP contribution in [-0.2, 0) is 16.2 Å². The number of furan rings is 1. The number of hydrogen-bond donors (Lipinski definition) is 0. The molecule has 8 heteroatoms. The van der Waals surface area contributed by atoms with Crippen LogP contribution in [0.5, 0.6) is 0 Å². The van der Waals surface area contributed by atoms with Crippen molar-refractivity contribution in [3.05, 3.63) is 65.9 Å². The molecule has 26 heavy (non-hydrogen) atoms. The normalized spacial score (nSPS) is 14.1. The third-order valence-corrected chi connectivity index (χ3v) is 6.20. The van der Waals surface area contributed by atoms with Gasteiger partial charge < -0.3 is 4.42 Å². The van der Waals surface area contributed by atoms with E-state index < -0.39 is 27.8 Å². The van der Waals surface area contributed by atoms with Crippen molar-refractivity contribution >= 4 is 21.0 Å². The van der Waals surface area contributed by atoms with Gasteiger partial charge in [0.15, 0.2) is 0 Å². The number of benzene rings is 2. The van der Waals surface area contributed by atoms with E-state index in [9.17, 15) is 21.6 Å². The van der Waals surface area contributed by atoms with Gasteiger partial charge in [0.1, 0.15) is 11.3 Å². The van der Waals surface area contributed by atoms with E-state index in [1.165, 1.54) is 7.05 Å². The second-order valence-corrected chi connectivity index (χ2v) is 7.90. The van der Waals surface area contributed by atoms with Crippen molar-refractivity contribution in [3.63, 3.8) is 0 Å². The average molecular weight is 383 g/mol. The van der Waals surface area contributed by atoms with Crippen molar-refractivity contribution in [2.75, 3.05) is 7.05 Å². The van der Waals surface area contributed by atoms with E-state index in [4.69, 9.17) is 4.42 Å². The molecule has 2 aromatic carbocycles. The predicted molar refractivity (Wildman–Crippen MR) is 91.0 cm³/mol. The Morgan fingerprint density at radius 1 is 1.04 bits per heavy atom. The number of hydrogen-bond acceptors (Lipinski definition) is 3. The Kier molecular flexibility index (Phi) is 4.58. The standard InChI is InChI=1S/C18H16F3NO3S/c1-12(17-11-13-5-3-4-6-16(13)25-17)22(2)26(23,24)15-9-7-14(8-10-15)18(19,20)21/h3-12H,1-2H3. The molecule has 3 rings (SSSR count). The summed E-state index contributed by atoms with van der Waals surface area (Å²) in [4.78, 5) is -0.212. The van der Waals surface area contributed by atoms with Crippen LogP contribution in [0, 0.1) is 0 Å². The molecule has 1 aromatic heterocycles. The zero-order valence-corrected chi connectivity index (χ0v) is 14.8. The molecule has 0 spiro atoms. The Balaban J connectivity index is 1.90. The van der Waals surface area contributed by atoms with E-state index in [1.54, 1.807) is 19.1 Å². The summed E-state index contributed by atoms with van der Waals surface area (Å²) < 4.78 is 70.2. The van der Waals surface area contributed by atoms with Crippen LogP contribution in [0.4, 0.5) is 13.2 Å². The quantitative estimate of drug-likeness (QED) is 0.648. The van der Waals surface area contributed by atoms with Gasteiger partial charge in [-0.1, -0.05) is 18.2 Å². The van der Waals surface area contributed by atoms with Crippen LogP contribution >= 0.6 is 0 Å². The third kappa shape index (κ3) is 3.34. The maximum absolute atomic E-state index is 12.7.